The summed E-state index contributed by atoms with van der Waals surface area (Å²) in [7, 11) is 0. The molecule has 0 aliphatic heterocycles. The molecule has 0 aliphatic carbocycles. The second-order valence-corrected chi connectivity index (χ2v) is 3.51. The third kappa shape index (κ3) is 1.55. The Bertz CT molecular complexity index is 412. The van der Waals surface area contributed by atoms with E-state index in [1.165, 1.54) is 6.92 Å². The number of hydrogen-bond acceptors (Lipinski definition) is 3. The number of rotatable bonds is 2. The Balaban J connectivity index is 2.39. The molecule has 0 N–H and O–H groups in total. The van der Waals surface area contributed by atoms with Gasteiger partial charge >= 0.3 is 0 Å². The predicted molar refractivity (Wildman–Crippen MR) is 52.0 cm³/mol. The molecule has 66 valence electrons. The van der Waals surface area contributed by atoms with E-state index in [0.29, 0.717) is 5.76 Å². The highest BCUT2D eigenvalue weighted by molar-refractivity contribution is 7.08. The van der Waals surface area contributed by atoms with Gasteiger partial charge in [0.1, 0.15) is 5.76 Å². The molecule has 0 aromatic carbocycles. The van der Waals surface area contributed by atoms with Crippen molar-refractivity contribution in [3.05, 3.63) is 34.7 Å². The molecule has 2 rings (SSSR count). The fourth-order valence-corrected chi connectivity index (χ4v) is 1.73. The SMILES string of the molecule is CC(=O)c1ccc(-c2ccsc2)o1. The summed E-state index contributed by atoms with van der Waals surface area (Å²) in [6.45, 7) is 1.50. The van der Waals surface area contributed by atoms with Gasteiger partial charge in [-0.05, 0) is 23.6 Å². The van der Waals surface area contributed by atoms with Crippen molar-refractivity contribution in [2.75, 3.05) is 0 Å². The predicted octanol–water partition coefficient (Wildman–Crippen LogP) is 3.21. The first-order valence-corrected chi connectivity index (χ1v) is 4.85. The highest BCUT2D eigenvalue weighted by Crippen LogP contribution is 2.24. The van der Waals surface area contributed by atoms with Crippen molar-refractivity contribution in [2.24, 2.45) is 0 Å². The van der Waals surface area contributed by atoms with Gasteiger partial charge < -0.3 is 4.42 Å². The van der Waals surface area contributed by atoms with Gasteiger partial charge in [0.25, 0.3) is 0 Å². The summed E-state index contributed by atoms with van der Waals surface area (Å²) in [5.41, 5.74) is 1.03. The van der Waals surface area contributed by atoms with Crippen LogP contribution in [0.25, 0.3) is 11.3 Å². The molecule has 2 aromatic rings. The third-order valence-corrected chi connectivity index (χ3v) is 2.44. The molecule has 0 atom stereocenters. The number of furan rings is 1. The zero-order valence-corrected chi connectivity index (χ0v) is 7.93. The zero-order valence-electron chi connectivity index (χ0n) is 7.11. The largest absolute Gasteiger partial charge is 0.453 e. The maximum atomic E-state index is 10.9. The van der Waals surface area contributed by atoms with Crippen molar-refractivity contribution in [3.8, 4) is 11.3 Å². The molecule has 0 saturated carbocycles. The number of carbonyl (C=O) groups excluding carboxylic acids is 1. The molecule has 0 unspecified atom stereocenters. The van der Waals surface area contributed by atoms with Crippen LogP contribution in [-0.2, 0) is 0 Å². The summed E-state index contributed by atoms with van der Waals surface area (Å²) in [5, 5.41) is 3.97. The van der Waals surface area contributed by atoms with Crippen LogP contribution in [0.5, 0.6) is 0 Å². The van der Waals surface area contributed by atoms with Crippen molar-refractivity contribution in [2.45, 2.75) is 6.92 Å². The smallest absolute Gasteiger partial charge is 0.194 e. The number of hydrogen-bond donors (Lipinski definition) is 0. The van der Waals surface area contributed by atoms with Gasteiger partial charge in [0.15, 0.2) is 11.5 Å². The zero-order chi connectivity index (χ0) is 9.26. The lowest BCUT2D eigenvalue weighted by atomic mass is 10.3. The molecule has 0 amide bonds. The molecule has 0 radical (unpaired) electrons. The second kappa shape index (κ2) is 3.18. The van der Waals surface area contributed by atoms with E-state index in [2.05, 4.69) is 0 Å². The van der Waals surface area contributed by atoms with E-state index in [1.54, 1.807) is 17.4 Å². The Hall–Kier alpha value is -1.35. The van der Waals surface area contributed by atoms with Crippen LogP contribution in [0.1, 0.15) is 17.5 Å². The first kappa shape index (κ1) is 8.26. The standard InChI is InChI=1S/C10H8O2S/c1-7(11)9-2-3-10(12-9)8-4-5-13-6-8/h2-6H,1H3. The van der Waals surface area contributed by atoms with Gasteiger partial charge in [-0.2, -0.15) is 11.3 Å². The molecule has 0 bridgehead atoms. The van der Waals surface area contributed by atoms with Crippen LogP contribution < -0.4 is 0 Å². The molecular weight excluding hydrogens is 184 g/mol. The monoisotopic (exact) mass is 192 g/mol. The van der Waals surface area contributed by atoms with E-state index in [1.807, 2.05) is 22.9 Å². The van der Waals surface area contributed by atoms with E-state index >= 15 is 0 Å². The molecule has 2 heterocycles. The molecule has 0 spiro atoms. The van der Waals surface area contributed by atoms with Crippen LogP contribution >= 0.6 is 11.3 Å². The maximum Gasteiger partial charge on any atom is 0.194 e. The van der Waals surface area contributed by atoms with Crippen LogP contribution in [0.3, 0.4) is 0 Å². The fourth-order valence-electron chi connectivity index (χ4n) is 1.09. The third-order valence-electron chi connectivity index (χ3n) is 1.76. The Labute approximate surface area is 79.8 Å². The summed E-state index contributed by atoms with van der Waals surface area (Å²) >= 11 is 1.61. The van der Waals surface area contributed by atoms with Crippen molar-refractivity contribution >= 4 is 17.1 Å². The summed E-state index contributed by atoms with van der Waals surface area (Å²) < 4.78 is 5.35. The molecule has 0 saturated heterocycles. The van der Waals surface area contributed by atoms with Gasteiger partial charge in [0.2, 0.25) is 0 Å². The number of carbonyl (C=O) groups is 1. The van der Waals surface area contributed by atoms with Gasteiger partial charge in [-0.3, -0.25) is 4.79 Å². The minimum atomic E-state index is -0.0403. The minimum absolute atomic E-state index is 0.0403. The minimum Gasteiger partial charge on any atom is -0.453 e. The molecule has 3 heteroatoms. The first-order chi connectivity index (χ1) is 6.27. The van der Waals surface area contributed by atoms with Crippen molar-refractivity contribution < 1.29 is 9.21 Å². The van der Waals surface area contributed by atoms with E-state index in [-0.39, 0.29) is 5.78 Å². The lowest BCUT2D eigenvalue weighted by Gasteiger charge is -1.89. The first-order valence-electron chi connectivity index (χ1n) is 3.91. The highest BCUT2D eigenvalue weighted by Gasteiger charge is 2.07. The summed E-state index contributed by atoms with van der Waals surface area (Å²) in [4.78, 5) is 10.9. The molecule has 0 aliphatic rings. The normalized spacial score (nSPS) is 10.2. The number of ketones is 1. The average Bonchev–Trinajstić information content (AvgIpc) is 2.75. The van der Waals surface area contributed by atoms with Crippen LogP contribution in [0, 0.1) is 0 Å². The van der Waals surface area contributed by atoms with Crippen LogP contribution in [0.4, 0.5) is 0 Å². The fraction of sp³-hybridized carbons (Fsp3) is 0.100. The van der Waals surface area contributed by atoms with Crippen LogP contribution in [-0.4, -0.2) is 5.78 Å². The summed E-state index contributed by atoms with van der Waals surface area (Å²) in [5.74, 6) is 1.13. The van der Waals surface area contributed by atoms with Gasteiger partial charge in [-0.15, -0.1) is 0 Å². The molecule has 2 aromatic heterocycles. The van der Waals surface area contributed by atoms with Crippen LogP contribution in [0.2, 0.25) is 0 Å². The van der Waals surface area contributed by atoms with Gasteiger partial charge in [0.05, 0.1) is 0 Å². The van der Waals surface area contributed by atoms with Crippen molar-refractivity contribution in [1.82, 2.24) is 0 Å². The maximum absolute atomic E-state index is 10.9. The second-order valence-electron chi connectivity index (χ2n) is 2.73. The van der Waals surface area contributed by atoms with E-state index < -0.39 is 0 Å². The lowest BCUT2D eigenvalue weighted by Crippen LogP contribution is -1.85. The summed E-state index contributed by atoms with van der Waals surface area (Å²) in [6.07, 6.45) is 0. The van der Waals surface area contributed by atoms with E-state index in [4.69, 9.17) is 4.42 Å². The average molecular weight is 192 g/mol. The Kier molecular flexibility index (Phi) is 2.02. The molecular formula is C10H8O2S. The number of thiophene rings is 1. The number of Topliss-reactive ketones (excluding diaryl/α,β-unsaturated/α-hetero) is 1. The van der Waals surface area contributed by atoms with E-state index in [9.17, 15) is 4.79 Å². The quantitative estimate of drug-likeness (QED) is 0.684. The summed E-state index contributed by atoms with van der Waals surface area (Å²) in [6, 6.07) is 5.49. The van der Waals surface area contributed by atoms with E-state index in [0.717, 1.165) is 11.3 Å². The van der Waals surface area contributed by atoms with Crippen molar-refractivity contribution in [1.29, 1.82) is 0 Å². The molecule has 2 nitrogen and oxygen atoms in total. The molecule has 0 fully saturated rings. The Morgan fingerprint density at radius 1 is 1.38 bits per heavy atom. The van der Waals surface area contributed by atoms with Gasteiger partial charge in [-0.1, -0.05) is 0 Å². The highest BCUT2D eigenvalue weighted by atomic mass is 32.1. The van der Waals surface area contributed by atoms with Gasteiger partial charge in [0, 0.05) is 17.9 Å². The molecule has 13 heavy (non-hydrogen) atoms. The lowest BCUT2D eigenvalue weighted by molar-refractivity contribution is 0.0988. The van der Waals surface area contributed by atoms with Crippen LogP contribution in [0.15, 0.2) is 33.4 Å². The topological polar surface area (TPSA) is 30.2 Å². The Morgan fingerprint density at radius 3 is 2.77 bits per heavy atom. The van der Waals surface area contributed by atoms with Gasteiger partial charge in [-0.25, -0.2) is 0 Å². The Morgan fingerprint density at radius 2 is 2.23 bits per heavy atom. The van der Waals surface area contributed by atoms with Crippen molar-refractivity contribution in [3.63, 3.8) is 0 Å².